The summed E-state index contributed by atoms with van der Waals surface area (Å²) in [4.78, 5) is 0. The van der Waals surface area contributed by atoms with Crippen LogP contribution in [-0.2, 0) is 4.74 Å². The standard InChI is InChI=1S/C11H15BrClNO/c1-3-15-7-11(14-2)9-5-4-8(12)6-10(9)13/h4-6,11,14H,3,7H2,1-2H3. The Morgan fingerprint density at radius 3 is 2.80 bits per heavy atom. The molecule has 0 radical (unpaired) electrons. The molecule has 15 heavy (non-hydrogen) atoms. The molecule has 0 aliphatic carbocycles. The van der Waals surface area contributed by atoms with Crippen molar-refractivity contribution in [3.05, 3.63) is 33.3 Å². The topological polar surface area (TPSA) is 21.3 Å². The van der Waals surface area contributed by atoms with E-state index in [0.29, 0.717) is 13.2 Å². The molecule has 0 aliphatic heterocycles. The minimum absolute atomic E-state index is 0.144. The molecule has 1 aromatic carbocycles. The zero-order valence-corrected chi connectivity index (χ0v) is 11.2. The van der Waals surface area contributed by atoms with Crippen LogP contribution in [0, 0.1) is 0 Å². The number of ether oxygens (including phenoxy) is 1. The monoisotopic (exact) mass is 291 g/mol. The van der Waals surface area contributed by atoms with Crippen LogP contribution in [0.5, 0.6) is 0 Å². The third-order valence-electron chi connectivity index (χ3n) is 2.18. The largest absolute Gasteiger partial charge is 0.380 e. The molecule has 2 nitrogen and oxygen atoms in total. The van der Waals surface area contributed by atoms with Crippen LogP contribution in [0.1, 0.15) is 18.5 Å². The average molecular weight is 293 g/mol. The molecule has 0 saturated carbocycles. The van der Waals surface area contributed by atoms with Crippen LogP contribution in [0.4, 0.5) is 0 Å². The van der Waals surface area contributed by atoms with Crippen LogP contribution >= 0.6 is 27.5 Å². The van der Waals surface area contributed by atoms with Crippen molar-refractivity contribution in [2.75, 3.05) is 20.3 Å². The van der Waals surface area contributed by atoms with E-state index in [9.17, 15) is 0 Å². The van der Waals surface area contributed by atoms with Crippen molar-refractivity contribution in [2.24, 2.45) is 0 Å². The molecule has 1 aromatic rings. The van der Waals surface area contributed by atoms with Gasteiger partial charge in [0.05, 0.1) is 12.6 Å². The SMILES string of the molecule is CCOCC(NC)c1ccc(Br)cc1Cl. The van der Waals surface area contributed by atoms with Crippen molar-refractivity contribution < 1.29 is 4.74 Å². The molecule has 4 heteroatoms. The summed E-state index contributed by atoms with van der Waals surface area (Å²) in [5, 5.41) is 3.94. The first-order valence-corrected chi connectivity index (χ1v) is 6.06. The van der Waals surface area contributed by atoms with E-state index in [1.807, 2.05) is 32.2 Å². The number of halogens is 2. The van der Waals surface area contributed by atoms with Crippen LogP contribution in [0.3, 0.4) is 0 Å². The first-order chi connectivity index (χ1) is 7.19. The van der Waals surface area contributed by atoms with Crippen molar-refractivity contribution in [3.63, 3.8) is 0 Å². The number of hydrogen-bond acceptors (Lipinski definition) is 2. The van der Waals surface area contributed by atoms with Crippen LogP contribution in [-0.4, -0.2) is 20.3 Å². The molecule has 0 spiro atoms. The minimum Gasteiger partial charge on any atom is -0.380 e. The molecule has 0 heterocycles. The molecule has 1 N–H and O–H groups in total. The molecule has 1 unspecified atom stereocenters. The minimum atomic E-state index is 0.144. The highest BCUT2D eigenvalue weighted by Gasteiger charge is 2.12. The van der Waals surface area contributed by atoms with E-state index in [1.165, 1.54) is 0 Å². The molecular weight excluding hydrogens is 277 g/mol. The van der Waals surface area contributed by atoms with Gasteiger partial charge in [0.15, 0.2) is 0 Å². The number of likely N-dealkylation sites (N-methyl/N-ethyl adjacent to an activating group) is 1. The molecular formula is C11H15BrClNO. The van der Waals surface area contributed by atoms with Gasteiger partial charge in [0.1, 0.15) is 0 Å². The van der Waals surface area contributed by atoms with E-state index >= 15 is 0 Å². The lowest BCUT2D eigenvalue weighted by Crippen LogP contribution is -2.22. The fraction of sp³-hybridized carbons (Fsp3) is 0.455. The van der Waals surface area contributed by atoms with E-state index in [4.69, 9.17) is 16.3 Å². The fourth-order valence-corrected chi connectivity index (χ4v) is 2.15. The maximum atomic E-state index is 6.16. The van der Waals surface area contributed by atoms with E-state index in [1.54, 1.807) is 0 Å². The molecule has 0 aromatic heterocycles. The Morgan fingerprint density at radius 2 is 2.27 bits per heavy atom. The zero-order chi connectivity index (χ0) is 11.3. The molecule has 1 atom stereocenters. The van der Waals surface area contributed by atoms with E-state index in [2.05, 4.69) is 21.2 Å². The zero-order valence-electron chi connectivity index (χ0n) is 8.89. The lowest BCUT2D eigenvalue weighted by atomic mass is 10.1. The van der Waals surface area contributed by atoms with Crippen molar-refractivity contribution in [1.82, 2.24) is 5.32 Å². The summed E-state index contributed by atoms with van der Waals surface area (Å²) in [6, 6.07) is 6.03. The van der Waals surface area contributed by atoms with Crippen LogP contribution in [0.25, 0.3) is 0 Å². The molecule has 0 bridgehead atoms. The van der Waals surface area contributed by atoms with Gasteiger partial charge < -0.3 is 10.1 Å². The smallest absolute Gasteiger partial charge is 0.0661 e. The summed E-state index contributed by atoms with van der Waals surface area (Å²) in [5.74, 6) is 0. The summed E-state index contributed by atoms with van der Waals surface area (Å²) in [6.07, 6.45) is 0. The quantitative estimate of drug-likeness (QED) is 0.898. The second kappa shape index (κ2) is 6.48. The second-order valence-electron chi connectivity index (χ2n) is 3.17. The summed E-state index contributed by atoms with van der Waals surface area (Å²) >= 11 is 9.54. The summed E-state index contributed by atoms with van der Waals surface area (Å²) in [7, 11) is 1.90. The van der Waals surface area contributed by atoms with Gasteiger partial charge in [-0.3, -0.25) is 0 Å². The van der Waals surface area contributed by atoms with Gasteiger partial charge in [0, 0.05) is 16.1 Å². The summed E-state index contributed by atoms with van der Waals surface area (Å²) in [5.41, 5.74) is 1.07. The van der Waals surface area contributed by atoms with Gasteiger partial charge in [-0.25, -0.2) is 0 Å². The van der Waals surface area contributed by atoms with Gasteiger partial charge in [-0.1, -0.05) is 33.6 Å². The third-order valence-corrected chi connectivity index (χ3v) is 3.00. The van der Waals surface area contributed by atoms with Crippen LogP contribution < -0.4 is 5.32 Å². The van der Waals surface area contributed by atoms with Crippen molar-refractivity contribution in [3.8, 4) is 0 Å². The van der Waals surface area contributed by atoms with Gasteiger partial charge in [-0.15, -0.1) is 0 Å². The number of rotatable bonds is 5. The second-order valence-corrected chi connectivity index (χ2v) is 4.49. The predicted octanol–water partition coefficient (Wildman–Crippen LogP) is 3.40. The lowest BCUT2D eigenvalue weighted by molar-refractivity contribution is 0.125. The highest BCUT2D eigenvalue weighted by molar-refractivity contribution is 9.10. The first kappa shape index (κ1) is 13.0. The number of hydrogen-bond donors (Lipinski definition) is 1. The lowest BCUT2D eigenvalue weighted by Gasteiger charge is -2.17. The van der Waals surface area contributed by atoms with E-state index in [-0.39, 0.29) is 6.04 Å². The number of nitrogens with one attached hydrogen (secondary N) is 1. The van der Waals surface area contributed by atoms with Crippen LogP contribution in [0.2, 0.25) is 5.02 Å². The van der Waals surface area contributed by atoms with Crippen LogP contribution in [0.15, 0.2) is 22.7 Å². The summed E-state index contributed by atoms with van der Waals surface area (Å²) < 4.78 is 6.38. The maximum Gasteiger partial charge on any atom is 0.0661 e. The molecule has 0 saturated heterocycles. The third kappa shape index (κ3) is 3.76. The van der Waals surface area contributed by atoms with E-state index in [0.717, 1.165) is 15.1 Å². The van der Waals surface area contributed by atoms with Gasteiger partial charge in [-0.05, 0) is 31.7 Å². The Bertz CT molecular complexity index is 319. The normalized spacial score (nSPS) is 12.8. The van der Waals surface area contributed by atoms with Gasteiger partial charge >= 0.3 is 0 Å². The Hall–Kier alpha value is -0.0900. The molecule has 1 rings (SSSR count). The maximum absolute atomic E-state index is 6.16. The molecule has 0 amide bonds. The Morgan fingerprint density at radius 1 is 1.53 bits per heavy atom. The predicted molar refractivity (Wildman–Crippen MR) is 67.4 cm³/mol. The van der Waals surface area contributed by atoms with E-state index < -0.39 is 0 Å². The van der Waals surface area contributed by atoms with Gasteiger partial charge in [0.2, 0.25) is 0 Å². The Labute approximate surface area is 104 Å². The highest BCUT2D eigenvalue weighted by Crippen LogP contribution is 2.26. The summed E-state index contributed by atoms with van der Waals surface area (Å²) in [6.45, 7) is 3.33. The molecule has 0 aliphatic rings. The number of benzene rings is 1. The highest BCUT2D eigenvalue weighted by atomic mass is 79.9. The Kier molecular flexibility index (Phi) is 5.61. The first-order valence-electron chi connectivity index (χ1n) is 4.89. The average Bonchev–Trinajstić information content (AvgIpc) is 2.21. The molecule has 0 fully saturated rings. The van der Waals surface area contributed by atoms with Crippen molar-refractivity contribution >= 4 is 27.5 Å². The van der Waals surface area contributed by atoms with Crippen molar-refractivity contribution in [1.29, 1.82) is 0 Å². The van der Waals surface area contributed by atoms with Crippen molar-refractivity contribution in [2.45, 2.75) is 13.0 Å². The fourth-order valence-electron chi connectivity index (χ4n) is 1.35. The van der Waals surface area contributed by atoms with Gasteiger partial charge in [-0.2, -0.15) is 0 Å². The Balaban J connectivity index is 2.81. The van der Waals surface area contributed by atoms with Gasteiger partial charge in [0.25, 0.3) is 0 Å². The molecule has 84 valence electrons.